The van der Waals surface area contributed by atoms with Crippen LogP contribution in [0.5, 0.6) is 0 Å². The minimum atomic E-state index is -2.00. The number of carbonyl (C=O) groups is 1. The summed E-state index contributed by atoms with van der Waals surface area (Å²) in [5.41, 5.74) is 0. The Morgan fingerprint density at radius 3 is 2.09 bits per heavy atom. The Hall–Kier alpha value is -0.770. The highest BCUT2D eigenvalue weighted by Gasteiger charge is 2.62. The zero-order valence-corrected chi connectivity index (χ0v) is 13.9. The van der Waals surface area contributed by atoms with Crippen LogP contribution in [0.2, 0.25) is 0 Å². The quantitative estimate of drug-likeness (QED) is 0.681. The number of ether oxygens (including phenoxy) is 6. The van der Waals surface area contributed by atoms with Gasteiger partial charge in [0.1, 0.15) is 18.3 Å². The molecule has 1 saturated heterocycles. The van der Waals surface area contributed by atoms with Crippen LogP contribution in [-0.4, -0.2) is 82.4 Å². The highest BCUT2D eigenvalue weighted by Crippen LogP contribution is 2.36. The van der Waals surface area contributed by atoms with Crippen LogP contribution in [-0.2, 0) is 33.2 Å². The summed E-state index contributed by atoms with van der Waals surface area (Å²) in [6, 6.07) is 0. The molecule has 1 rings (SSSR count). The first kappa shape index (κ1) is 19.3. The molecule has 0 radical (unpaired) electrons. The van der Waals surface area contributed by atoms with Crippen LogP contribution in [0.1, 0.15) is 13.8 Å². The normalized spacial score (nSPS) is 35.8. The van der Waals surface area contributed by atoms with Crippen LogP contribution in [0.4, 0.5) is 0 Å². The average Bonchev–Trinajstić information content (AvgIpc) is 2.45. The first-order valence-corrected chi connectivity index (χ1v) is 7.04. The van der Waals surface area contributed by atoms with Gasteiger partial charge in [0.2, 0.25) is 0 Å². The highest BCUT2D eigenvalue weighted by atomic mass is 16.8. The summed E-state index contributed by atoms with van der Waals surface area (Å²) in [6.07, 6.45) is -3.33. The fraction of sp³-hybridized carbons (Fsp3) is 0.929. The lowest BCUT2D eigenvalue weighted by Gasteiger charge is -2.49. The third kappa shape index (κ3) is 3.58. The molecule has 8 nitrogen and oxygen atoms in total. The summed E-state index contributed by atoms with van der Waals surface area (Å²) >= 11 is 0. The summed E-state index contributed by atoms with van der Waals surface area (Å²) < 4.78 is 32.7. The van der Waals surface area contributed by atoms with E-state index in [-0.39, 0.29) is 6.61 Å². The number of rotatable bonds is 8. The molecular weight excluding hydrogens is 296 g/mol. The number of hydrogen-bond acceptors (Lipinski definition) is 7. The number of carboxylic acids is 1. The van der Waals surface area contributed by atoms with Crippen molar-refractivity contribution in [2.24, 2.45) is 0 Å². The fourth-order valence-corrected chi connectivity index (χ4v) is 2.75. The van der Waals surface area contributed by atoms with Crippen molar-refractivity contribution >= 4 is 5.97 Å². The Labute approximate surface area is 130 Å². The first-order valence-electron chi connectivity index (χ1n) is 7.04. The first-order chi connectivity index (χ1) is 10.4. The molecule has 1 fully saturated rings. The summed E-state index contributed by atoms with van der Waals surface area (Å²) in [6.45, 7) is 3.57. The Balaban J connectivity index is 3.30. The molecule has 0 spiro atoms. The van der Waals surface area contributed by atoms with Gasteiger partial charge in [-0.25, -0.2) is 4.79 Å². The fourth-order valence-electron chi connectivity index (χ4n) is 2.75. The second kappa shape index (κ2) is 8.19. The predicted molar refractivity (Wildman–Crippen MR) is 75.7 cm³/mol. The molecule has 0 aromatic heterocycles. The largest absolute Gasteiger partial charge is 0.477 e. The van der Waals surface area contributed by atoms with E-state index >= 15 is 0 Å². The van der Waals surface area contributed by atoms with E-state index in [1.54, 1.807) is 13.8 Å². The van der Waals surface area contributed by atoms with E-state index in [2.05, 4.69) is 0 Å². The molecule has 0 aromatic rings. The Bertz CT molecular complexity index is 361. The van der Waals surface area contributed by atoms with E-state index in [4.69, 9.17) is 28.4 Å². The molecule has 22 heavy (non-hydrogen) atoms. The van der Waals surface area contributed by atoms with Crippen LogP contribution < -0.4 is 0 Å². The van der Waals surface area contributed by atoms with E-state index in [1.165, 1.54) is 28.4 Å². The van der Waals surface area contributed by atoms with Crippen LogP contribution in [0.25, 0.3) is 0 Å². The van der Waals surface area contributed by atoms with Gasteiger partial charge in [0.15, 0.2) is 6.10 Å². The Kier molecular flexibility index (Phi) is 7.17. The van der Waals surface area contributed by atoms with Crippen LogP contribution in [0, 0.1) is 0 Å². The van der Waals surface area contributed by atoms with E-state index in [0.717, 1.165) is 0 Å². The average molecular weight is 322 g/mol. The van der Waals surface area contributed by atoms with Gasteiger partial charge >= 0.3 is 5.97 Å². The number of hydrogen-bond donors (Lipinski definition) is 1. The summed E-state index contributed by atoms with van der Waals surface area (Å²) in [7, 11) is 5.82. The van der Waals surface area contributed by atoms with E-state index in [0.29, 0.717) is 0 Å². The zero-order valence-electron chi connectivity index (χ0n) is 13.9. The molecule has 0 amide bonds. The van der Waals surface area contributed by atoms with Gasteiger partial charge in [-0.1, -0.05) is 0 Å². The lowest BCUT2D eigenvalue weighted by atomic mass is 9.91. The van der Waals surface area contributed by atoms with Gasteiger partial charge in [0.05, 0.1) is 12.7 Å². The maximum atomic E-state index is 11.9. The van der Waals surface area contributed by atoms with Crippen LogP contribution >= 0.6 is 0 Å². The monoisotopic (exact) mass is 322 g/mol. The maximum Gasteiger partial charge on any atom is 0.367 e. The molecule has 0 unspecified atom stereocenters. The van der Waals surface area contributed by atoms with Gasteiger partial charge in [0, 0.05) is 28.4 Å². The molecule has 0 aliphatic carbocycles. The second-order valence-electron chi connectivity index (χ2n) is 5.31. The van der Waals surface area contributed by atoms with Gasteiger partial charge in [-0.2, -0.15) is 0 Å². The molecule has 1 aliphatic rings. The third-order valence-corrected chi connectivity index (χ3v) is 3.53. The van der Waals surface area contributed by atoms with Crippen molar-refractivity contribution < 1.29 is 38.3 Å². The minimum absolute atomic E-state index is 0.130. The molecule has 8 heteroatoms. The molecule has 1 aliphatic heterocycles. The summed E-state index contributed by atoms with van der Waals surface area (Å²) in [4.78, 5) is 11.9. The van der Waals surface area contributed by atoms with Gasteiger partial charge < -0.3 is 33.5 Å². The molecule has 130 valence electrons. The van der Waals surface area contributed by atoms with Crippen LogP contribution in [0.3, 0.4) is 0 Å². The zero-order chi connectivity index (χ0) is 16.9. The topological polar surface area (TPSA) is 92.7 Å². The predicted octanol–water partition coefficient (Wildman–Crippen LogP) is 0.283. The molecule has 0 saturated carbocycles. The van der Waals surface area contributed by atoms with Gasteiger partial charge in [-0.15, -0.1) is 0 Å². The number of aliphatic carboxylic acids is 1. The van der Waals surface area contributed by atoms with E-state index < -0.39 is 42.3 Å². The van der Waals surface area contributed by atoms with Crippen molar-refractivity contribution in [2.75, 3.05) is 35.0 Å². The van der Waals surface area contributed by atoms with Gasteiger partial charge in [0.25, 0.3) is 5.79 Å². The highest BCUT2D eigenvalue weighted by molar-refractivity contribution is 5.77. The molecule has 1 heterocycles. The van der Waals surface area contributed by atoms with Crippen LogP contribution in [0.15, 0.2) is 0 Å². The number of carboxylic acid groups (broad SMARTS) is 1. The molecule has 0 bridgehead atoms. The molecule has 5 atom stereocenters. The van der Waals surface area contributed by atoms with E-state index in [9.17, 15) is 9.90 Å². The van der Waals surface area contributed by atoms with Crippen molar-refractivity contribution in [1.29, 1.82) is 0 Å². The van der Waals surface area contributed by atoms with Gasteiger partial charge in [-0.3, -0.25) is 0 Å². The number of methoxy groups -OCH3 is 4. The van der Waals surface area contributed by atoms with Crippen molar-refractivity contribution in [3.63, 3.8) is 0 Å². The molecular formula is C14H26O8. The summed E-state index contributed by atoms with van der Waals surface area (Å²) in [5.74, 6) is -3.28. The van der Waals surface area contributed by atoms with Crippen molar-refractivity contribution in [3.05, 3.63) is 0 Å². The molecule has 1 N–H and O–H groups in total. The van der Waals surface area contributed by atoms with Crippen molar-refractivity contribution in [1.82, 2.24) is 0 Å². The third-order valence-electron chi connectivity index (χ3n) is 3.53. The molecule has 0 aromatic carbocycles. The van der Waals surface area contributed by atoms with Crippen molar-refractivity contribution in [2.45, 2.75) is 50.2 Å². The Morgan fingerprint density at radius 2 is 1.73 bits per heavy atom. The SMILES string of the molecule is COC[C@H]1O[C@@](OC(C)C)(C(=O)O)[C@@H](OC)[C@@H](OC)[C@@H]1OC. The minimum Gasteiger partial charge on any atom is -0.477 e. The van der Waals surface area contributed by atoms with E-state index in [1.807, 2.05) is 0 Å². The Morgan fingerprint density at radius 1 is 1.14 bits per heavy atom. The lowest BCUT2D eigenvalue weighted by molar-refractivity contribution is -0.367. The standard InChI is InChI=1S/C14H26O8/c1-8(2)21-14(13(15)16)12(20-6)11(19-5)10(18-4)9(22-14)7-17-3/h8-12H,7H2,1-6H3,(H,15,16)/t9-,10-,11+,12+,14-/m1/s1. The maximum absolute atomic E-state index is 11.9. The van der Waals surface area contributed by atoms with Gasteiger partial charge in [-0.05, 0) is 13.8 Å². The smallest absolute Gasteiger partial charge is 0.367 e. The summed E-state index contributed by atoms with van der Waals surface area (Å²) in [5, 5.41) is 9.73. The van der Waals surface area contributed by atoms with Crippen molar-refractivity contribution in [3.8, 4) is 0 Å². The second-order valence-corrected chi connectivity index (χ2v) is 5.31. The lowest BCUT2D eigenvalue weighted by Crippen LogP contribution is -2.70.